The number of amides is 2. The maximum atomic E-state index is 12.9. The molecule has 1 aromatic heterocycles. The van der Waals surface area contributed by atoms with Gasteiger partial charge in [0.2, 0.25) is 0 Å². The van der Waals surface area contributed by atoms with E-state index in [0.29, 0.717) is 31.7 Å². The minimum atomic E-state index is -0.115. The Morgan fingerprint density at radius 2 is 1.71 bits per heavy atom. The number of piperidine rings is 1. The van der Waals surface area contributed by atoms with E-state index in [1.54, 1.807) is 12.1 Å². The third-order valence-electron chi connectivity index (χ3n) is 6.39. The molecule has 164 valence electrons. The Hall–Kier alpha value is -2.31. The van der Waals surface area contributed by atoms with E-state index in [9.17, 15) is 9.59 Å². The summed E-state index contributed by atoms with van der Waals surface area (Å²) in [5.41, 5.74) is 1.44. The van der Waals surface area contributed by atoms with Gasteiger partial charge in [-0.25, -0.2) is 4.98 Å². The fraction of sp³-hybridized carbons (Fsp3) is 0.435. The number of carbonyl (C=O) groups is 2. The summed E-state index contributed by atoms with van der Waals surface area (Å²) in [6, 6.07) is 10.9. The standard InChI is InChI=1S/C23H25Cl2N3O3/c1-16-4-2-3-5-18(16)31-14-20(29)27-11-8-23(9-12-27)10-13-28(15-23)22(30)17-6-7-19(24)26-21(17)25/h2-7H,8-15H2,1H3. The summed E-state index contributed by atoms with van der Waals surface area (Å²) in [6.45, 7) is 4.73. The topological polar surface area (TPSA) is 62.7 Å². The van der Waals surface area contributed by atoms with E-state index in [-0.39, 0.29) is 34.1 Å². The zero-order chi connectivity index (χ0) is 22.0. The van der Waals surface area contributed by atoms with Crippen molar-refractivity contribution in [1.82, 2.24) is 14.8 Å². The first-order valence-corrected chi connectivity index (χ1v) is 11.2. The van der Waals surface area contributed by atoms with Crippen molar-refractivity contribution in [2.45, 2.75) is 26.2 Å². The number of hydrogen-bond donors (Lipinski definition) is 0. The zero-order valence-electron chi connectivity index (χ0n) is 17.4. The molecule has 2 aliphatic heterocycles. The van der Waals surface area contributed by atoms with Gasteiger partial charge >= 0.3 is 0 Å². The van der Waals surface area contributed by atoms with Gasteiger partial charge in [0.1, 0.15) is 16.1 Å². The highest BCUT2D eigenvalue weighted by Gasteiger charge is 2.43. The first-order valence-electron chi connectivity index (χ1n) is 10.4. The van der Waals surface area contributed by atoms with Crippen molar-refractivity contribution in [2.24, 2.45) is 5.41 Å². The number of nitrogens with zero attached hydrogens (tertiary/aromatic N) is 3. The molecule has 31 heavy (non-hydrogen) atoms. The smallest absolute Gasteiger partial charge is 0.260 e. The number of aryl methyl sites for hydroxylation is 1. The number of benzene rings is 1. The Bertz CT molecular complexity index is 990. The lowest BCUT2D eigenvalue weighted by atomic mass is 9.78. The average Bonchev–Trinajstić information content (AvgIpc) is 3.16. The predicted molar refractivity (Wildman–Crippen MR) is 120 cm³/mol. The summed E-state index contributed by atoms with van der Waals surface area (Å²) >= 11 is 12.0. The maximum Gasteiger partial charge on any atom is 0.260 e. The zero-order valence-corrected chi connectivity index (χ0v) is 19.0. The van der Waals surface area contributed by atoms with Crippen LogP contribution in [0.3, 0.4) is 0 Å². The third-order valence-corrected chi connectivity index (χ3v) is 6.89. The van der Waals surface area contributed by atoms with Gasteiger partial charge in [-0.3, -0.25) is 9.59 Å². The lowest BCUT2D eigenvalue weighted by Crippen LogP contribution is -2.46. The predicted octanol–water partition coefficient (Wildman–Crippen LogP) is 4.23. The molecule has 0 unspecified atom stereocenters. The SMILES string of the molecule is Cc1ccccc1OCC(=O)N1CCC2(CC1)CCN(C(=O)c1ccc(Cl)nc1Cl)C2. The highest BCUT2D eigenvalue weighted by Crippen LogP contribution is 2.41. The highest BCUT2D eigenvalue weighted by atomic mass is 35.5. The lowest BCUT2D eigenvalue weighted by molar-refractivity contribution is -0.135. The van der Waals surface area contributed by atoms with Crippen LogP contribution in [0.15, 0.2) is 36.4 Å². The van der Waals surface area contributed by atoms with Crippen LogP contribution in [-0.4, -0.2) is 59.4 Å². The first-order chi connectivity index (χ1) is 14.9. The van der Waals surface area contributed by atoms with Gasteiger partial charge in [-0.05, 0) is 55.4 Å². The van der Waals surface area contributed by atoms with Crippen molar-refractivity contribution >= 4 is 35.0 Å². The number of hydrogen-bond acceptors (Lipinski definition) is 4. The second-order valence-corrected chi connectivity index (χ2v) is 9.13. The van der Waals surface area contributed by atoms with Crippen LogP contribution < -0.4 is 4.74 Å². The number of para-hydroxylation sites is 1. The average molecular weight is 462 g/mol. The fourth-order valence-electron chi connectivity index (χ4n) is 4.44. The molecule has 1 spiro atoms. The molecular formula is C23H25Cl2N3O3. The second-order valence-electron chi connectivity index (χ2n) is 8.38. The van der Waals surface area contributed by atoms with Crippen LogP contribution in [0.25, 0.3) is 0 Å². The van der Waals surface area contributed by atoms with E-state index < -0.39 is 0 Å². The molecule has 6 nitrogen and oxygen atoms in total. The quantitative estimate of drug-likeness (QED) is 0.639. The molecule has 2 amide bonds. The van der Waals surface area contributed by atoms with Crippen LogP contribution in [0, 0.1) is 12.3 Å². The summed E-state index contributed by atoms with van der Waals surface area (Å²) < 4.78 is 5.71. The Kier molecular flexibility index (Phi) is 6.39. The van der Waals surface area contributed by atoms with E-state index in [0.717, 1.165) is 30.6 Å². The Morgan fingerprint density at radius 3 is 2.39 bits per heavy atom. The van der Waals surface area contributed by atoms with Gasteiger partial charge in [-0.15, -0.1) is 0 Å². The molecule has 0 atom stereocenters. The summed E-state index contributed by atoms with van der Waals surface area (Å²) in [7, 11) is 0. The van der Waals surface area contributed by atoms with Gasteiger partial charge in [-0.2, -0.15) is 0 Å². The Morgan fingerprint density at radius 1 is 1.03 bits per heavy atom. The van der Waals surface area contributed by atoms with E-state index in [2.05, 4.69) is 4.98 Å². The molecule has 2 aromatic rings. The summed E-state index contributed by atoms with van der Waals surface area (Å²) in [4.78, 5) is 33.2. The van der Waals surface area contributed by atoms with Crippen LogP contribution in [0.4, 0.5) is 0 Å². The van der Waals surface area contributed by atoms with Crippen LogP contribution >= 0.6 is 23.2 Å². The molecule has 0 saturated carbocycles. The molecule has 2 aliphatic rings. The van der Waals surface area contributed by atoms with Crippen LogP contribution in [0.5, 0.6) is 5.75 Å². The summed E-state index contributed by atoms with van der Waals surface area (Å²) in [5.74, 6) is 0.629. The molecule has 0 bridgehead atoms. The molecule has 3 heterocycles. The number of halogens is 2. The minimum absolute atomic E-state index is 0.00283. The molecule has 2 fully saturated rings. The minimum Gasteiger partial charge on any atom is -0.484 e. The van der Waals surface area contributed by atoms with Gasteiger partial charge in [-0.1, -0.05) is 41.4 Å². The number of ether oxygens (including phenoxy) is 1. The number of pyridine rings is 1. The van der Waals surface area contributed by atoms with E-state index in [1.807, 2.05) is 41.0 Å². The lowest BCUT2D eigenvalue weighted by Gasteiger charge is -2.39. The summed E-state index contributed by atoms with van der Waals surface area (Å²) in [5, 5.41) is 0.399. The van der Waals surface area contributed by atoms with Crippen molar-refractivity contribution in [1.29, 1.82) is 0 Å². The second kappa shape index (κ2) is 9.05. The van der Waals surface area contributed by atoms with Crippen molar-refractivity contribution in [3.8, 4) is 5.75 Å². The Labute approximate surface area is 192 Å². The first kappa shape index (κ1) is 21.9. The molecule has 4 rings (SSSR count). The van der Waals surface area contributed by atoms with Crippen LogP contribution in [-0.2, 0) is 4.79 Å². The van der Waals surface area contributed by atoms with Gasteiger partial charge in [0.15, 0.2) is 6.61 Å². The van der Waals surface area contributed by atoms with Crippen molar-refractivity contribution in [2.75, 3.05) is 32.8 Å². The number of aromatic nitrogens is 1. The monoisotopic (exact) mass is 461 g/mol. The Balaban J connectivity index is 1.30. The van der Waals surface area contributed by atoms with Crippen molar-refractivity contribution in [3.63, 3.8) is 0 Å². The van der Waals surface area contributed by atoms with Gasteiger partial charge in [0.05, 0.1) is 5.56 Å². The normalized spacial score (nSPS) is 17.8. The fourth-order valence-corrected chi connectivity index (χ4v) is 4.86. The van der Waals surface area contributed by atoms with E-state index in [1.165, 1.54) is 0 Å². The number of likely N-dealkylation sites (tertiary alicyclic amines) is 2. The molecule has 1 aromatic carbocycles. The van der Waals surface area contributed by atoms with Crippen molar-refractivity contribution in [3.05, 3.63) is 57.8 Å². The van der Waals surface area contributed by atoms with E-state index >= 15 is 0 Å². The van der Waals surface area contributed by atoms with Gasteiger partial charge < -0.3 is 14.5 Å². The molecule has 2 saturated heterocycles. The number of carbonyl (C=O) groups excluding carboxylic acids is 2. The van der Waals surface area contributed by atoms with Gasteiger partial charge in [0, 0.05) is 26.2 Å². The maximum absolute atomic E-state index is 12.9. The van der Waals surface area contributed by atoms with Gasteiger partial charge in [0.25, 0.3) is 11.8 Å². The largest absolute Gasteiger partial charge is 0.484 e. The molecule has 8 heteroatoms. The third kappa shape index (κ3) is 4.80. The summed E-state index contributed by atoms with van der Waals surface area (Å²) in [6.07, 6.45) is 2.68. The van der Waals surface area contributed by atoms with E-state index in [4.69, 9.17) is 27.9 Å². The number of rotatable bonds is 4. The molecule has 0 radical (unpaired) electrons. The van der Waals surface area contributed by atoms with Crippen molar-refractivity contribution < 1.29 is 14.3 Å². The molecule has 0 N–H and O–H groups in total. The van der Waals surface area contributed by atoms with Crippen LogP contribution in [0.2, 0.25) is 10.3 Å². The van der Waals surface area contributed by atoms with Crippen LogP contribution in [0.1, 0.15) is 35.2 Å². The highest BCUT2D eigenvalue weighted by molar-refractivity contribution is 6.34. The molecule has 0 aliphatic carbocycles. The molecular weight excluding hydrogens is 437 g/mol.